The minimum absolute atomic E-state index is 0.159. The largest absolute Gasteiger partial charge is 0.493 e. The fourth-order valence-electron chi connectivity index (χ4n) is 2.53. The standard InChI is InChI=1S/C21H29N3O2/c1-21(2,3)17-9-6-15(7-10-17)13-23-20(22)24-14-16-8-11-18(25-4)19(12-16)26-5/h6-12H,13-14H2,1-5H3,(H3,22,23,24). The van der Waals surface area contributed by atoms with Crippen molar-refractivity contribution in [1.29, 1.82) is 0 Å². The molecule has 0 unspecified atom stereocenters. The Bertz CT molecular complexity index is 747. The third-order valence-electron chi connectivity index (χ3n) is 4.17. The van der Waals surface area contributed by atoms with E-state index in [0.717, 1.165) is 5.56 Å². The summed E-state index contributed by atoms with van der Waals surface area (Å²) in [6, 6.07) is 14.3. The number of nitrogens with one attached hydrogen (secondary N) is 1. The fraction of sp³-hybridized carbons (Fsp3) is 0.381. The molecule has 2 aromatic carbocycles. The first kappa shape index (κ1) is 19.6. The lowest BCUT2D eigenvalue weighted by Crippen LogP contribution is -2.31. The number of nitrogens with zero attached hydrogens (tertiary/aromatic N) is 1. The van der Waals surface area contributed by atoms with E-state index in [2.05, 4.69) is 55.3 Å². The maximum atomic E-state index is 5.98. The van der Waals surface area contributed by atoms with Gasteiger partial charge in [0.2, 0.25) is 0 Å². The van der Waals surface area contributed by atoms with Crippen LogP contribution in [0.25, 0.3) is 0 Å². The summed E-state index contributed by atoms with van der Waals surface area (Å²) in [5.41, 5.74) is 9.62. The molecule has 140 valence electrons. The van der Waals surface area contributed by atoms with Crippen LogP contribution in [0.1, 0.15) is 37.5 Å². The van der Waals surface area contributed by atoms with Gasteiger partial charge in [-0.05, 0) is 34.2 Å². The number of benzene rings is 2. The number of nitrogens with two attached hydrogens (primary N) is 1. The van der Waals surface area contributed by atoms with Crippen molar-refractivity contribution in [2.45, 2.75) is 39.3 Å². The number of hydrogen-bond acceptors (Lipinski definition) is 3. The molecule has 0 aliphatic heterocycles. The smallest absolute Gasteiger partial charge is 0.189 e. The van der Waals surface area contributed by atoms with Gasteiger partial charge in [-0.25, -0.2) is 4.99 Å². The van der Waals surface area contributed by atoms with Crippen LogP contribution in [0.4, 0.5) is 0 Å². The third-order valence-corrected chi connectivity index (χ3v) is 4.17. The molecule has 0 atom stereocenters. The van der Waals surface area contributed by atoms with Gasteiger partial charge in [-0.3, -0.25) is 0 Å². The molecule has 0 aliphatic carbocycles. The highest BCUT2D eigenvalue weighted by Crippen LogP contribution is 2.27. The number of methoxy groups -OCH3 is 2. The summed E-state index contributed by atoms with van der Waals surface area (Å²) in [5, 5.41) is 3.15. The van der Waals surface area contributed by atoms with E-state index < -0.39 is 0 Å². The van der Waals surface area contributed by atoms with Crippen molar-refractivity contribution in [3.8, 4) is 11.5 Å². The van der Waals surface area contributed by atoms with Crippen LogP contribution in [0.3, 0.4) is 0 Å². The molecule has 0 radical (unpaired) electrons. The van der Waals surface area contributed by atoms with Crippen molar-refractivity contribution in [3.05, 3.63) is 59.2 Å². The van der Waals surface area contributed by atoms with Gasteiger partial charge in [-0.15, -0.1) is 0 Å². The highest BCUT2D eigenvalue weighted by Gasteiger charge is 2.12. The first-order chi connectivity index (χ1) is 12.3. The SMILES string of the molecule is COc1ccc(CN=C(N)NCc2ccc(C(C)(C)C)cc2)cc1OC. The molecule has 3 N–H and O–H groups in total. The lowest BCUT2D eigenvalue weighted by molar-refractivity contribution is 0.354. The van der Waals surface area contributed by atoms with Crippen molar-refractivity contribution in [2.24, 2.45) is 10.7 Å². The van der Waals surface area contributed by atoms with E-state index in [1.54, 1.807) is 14.2 Å². The number of hydrogen-bond donors (Lipinski definition) is 2. The van der Waals surface area contributed by atoms with Crippen molar-refractivity contribution < 1.29 is 9.47 Å². The third kappa shape index (κ3) is 5.41. The second kappa shape index (κ2) is 8.61. The predicted octanol–water partition coefficient (Wildman–Crippen LogP) is 3.61. The molecule has 0 aliphatic rings. The molecule has 2 rings (SSSR count). The van der Waals surface area contributed by atoms with E-state index in [-0.39, 0.29) is 5.41 Å². The maximum absolute atomic E-state index is 5.98. The highest BCUT2D eigenvalue weighted by molar-refractivity contribution is 5.77. The quantitative estimate of drug-likeness (QED) is 0.613. The fourth-order valence-corrected chi connectivity index (χ4v) is 2.53. The van der Waals surface area contributed by atoms with Crippen LogP contribution in [0.2, 0.25) is 0 Å². The van der Waals surface area contributed by atoms with Gasteiger partial charge in [0.1, 0.15) is 0 Å². The molecule has 0 heterocycles. The predicted molar refractivity (Wildman–Crippen MR) is 107 cm³/mol. The van der Waals surface area contributed by atoms with Crippen LogP contribution >= 0.6 is 0 Å². The Morgan fingerprint density at radius 2 is 1.58 bits per heavy atom. The molecule has 0 amide bonds. The van der Waals surface area contributed by atoms with Crippen LogP contribution in [0.15, 0.2) is 47.5 Å². The van der Waals surface area contributed by atoms with E-state index in [1.165, 1.54) is 11.1 Å². The van der Waals surface area contributed by atoms with Gasteiger partial charge < -0.3 is 20.5 Å². The van der Waals surface area contributed by atoms with E-state index in [0.29, 0.717) is 30.5 Å². The number of ether oxygens (including phenoxy) is 2. The summed E-state index contributed by atoms with van der Waals surface area (Å²) in [7, 11) is 3.23. The van der Waals surface area contributed by atoms with Gasteiger partial charge in [0, 0.05) is 6.54 Å². The molecular formula is C21H29N3O2. The number of aliphatic imine (C=N–C) groups is 1. The average Bonchev–Trinajstić information content (AvgIpc) is 2.64. The topological polar surface area (TPSA) is 68.9 Å². The second-order valence-electron chi connectivity index (χ2n) is 7.19. The molecule has 0 aromatic heterocycles. The molecule has 0 saturated heterocycles. The first-order valence-corrected chi connectivity index (χ1v) is 8.67. The summed E-state index contributed by atoms with van der Waals surface area (Å²) in [4.78, 5) is 4.38. The zero-order valence-electron chi connectivity index (χ0n) is 16.3. The average molecular weight is 355 g/mol. The number of guanidine groups is 1. The Balaban J connectivity index is 1.92. The molecular weight excluding hydrogens is 326 g/mol. The van der Waals surface area contributed by atoms with Crippen LogP contribution in [0, 0.1) is 0 Å². The molecule has 26 heavy (non-hydrogen) atoms. The first-order valence-electron chi connectivity index (χ1n) is 8.67. The van der Waals surface area contributed by atoms with Gasteiger partial charge in [0.15, 0.2) is 17.5 Å². The Morgan fingerprint density at radius 1 is 0.962 bits per heavy atom. The second-order valence-corrected chi connectivity index (χ2v) is 7.19. The summed E-state index contributed by atoms with van der Waals surface area (Å²) >= 11 is 0. The summed E-state index contributed by atoms with van der Waals surface area (Å²) in [6.45, 7) is 7.74. The van der Waals surface area contributed by atoms with E-state index >= 15 is 0 Å². The van der Waals surface area contributed by atoms with Crippen LogP contribution in [-0.2, 0) is 18.5 Å². The molecule has 5 heteroatoms. The molecule has 5 nitrogen and oxygen atoms in total. The lowest BCUT2D eigenvalue weighted by Gasteiger charge is -2.19. The van der Waals surface area contributed by atoms with Gasteiger partial charge in [0.05, 0.1) is 20.8 Å². The van der Waals surface area contributed by atoms with Gasteiger partial charge in [-0.2, -0.15) is 0 Å². The maximum Gasteiger partial charge on any atom is 0.189 e. The Morgan fingerprint density at radius 3 is 2.15 bits per heavy atom. The molecule has 2 aromatic rings. The van der Waals surface area contributed by atoms with Crippen molar-refractivity contribution in [3.63, 3.8) is 0 Å². The highest BCUT2D eigenvalue weighted by atomic mass is 16.5. The molecule has 0 fully saturated rings. The minimum atomic E-state index is 0.159. The summed E-state index contributed by atoms with van der Waals surface area (Å²) < 4.78 is 10.5. The summed E-state index contributed by atoms with van der Waals surface area (Å²) in [6.07, 6.45) is 0. The van der Waals surface area contributed by atoms with Gasteiger partial charge in [-0.1, -0.05) is 51.1 Å². The Kier molecular flexibility index (Phi) is 6.50. The Hall–Kier alpha value is -2.69. The molecule has 0 saturated carbocycles. The van der Waals surface area contributed by atoms with Crippen molar-refractivity contribution >= 4 is 5.96 Å². The van der Waals surface area contributed by atoms with E-state index in [1.807, 2.05) is 18.2 Å². The van der Waals surface area contributed by atoms with Gasteiger partial charge >= 0.3 is 0 Å². The normalized spacial score (nSPS) is 12.0. The molecule has 0 spiro atoms. The van der Waals surface area contributed by atoms with Crippen molar-refractivity contribution in [2.75, 3.05) is 14.2 Å². The van der Waals surface area contributed by atoms with Crippen LogP contribution in [0.5, 0.6) is 11.5 Å². The van der Waals surface area contributed by atoms with E-state index in [9.17, 15) is 0 Å². The Labute approximate surface area is 156 Å². The van der Waals surface area contributed by atoms with E-state index in [4.69, 9.17) is 15.2 Å². The van der Waals surface area contributed by atoms with Crippen molar-refractivity contribution in [1.82, 2.24) is 5.32 Å². The van der Waals surface area contributed by atoms with Crippen LogP contribution in [-0.4, -0.2) is 20.2 Å². The lowest BCUT2D eigenvalue weighted by atomic mass is 9.87. The zero-order chi connectivity index (χ0) is 19.2. The minimum Gasteiger partial charge on any atom is -0.493 e. The zero-order valence-corrected chi connectivity index (χ0v) is 16.3. The summed E-state index contributed by atoms with van der Waals surface area (Å²) in [5.74, 6) is 1.80. The molecule has 0 bridgehead atoms. The monoisotopic (exact) mass is 355 g/mol. The van der Waals surface area contributed by atoms with Gasteiger partial charge in [0.25, 0.3) is 0 Å². The van der Waals surface area contributed by atoms with Crippen LogP contribution < -0.4 is 20.5 Å². The number of rotatable bonds is 6.